The Labute approximate surface area is 45.9 Å². The largest absolute Gasteiger partial charge is 0.304 e. The van der Waals surface area contributed by atoms with Crippen molar-refractivity contribution in [2.45, 2.75) is 6.32 Å². The first-order chi connectivity index (χ1) is 3.41. The van der Waals surface area contributed by atoms with Crippen molar-refractivity contribution >= 4 is 22.6 Å². The van der Waals surface area contributed by atoms with Gasteiger partial charge >= 0.3 is 0 Å². The molecule has 2 nitrogen and oxygen atoms in total. The molecule has 37 valence electrons. The molecule has 0 fully saturated rings. The Morgan fingerprint density at radius 3 is 3.00 bits per heavy atom. The fraction of sp³-hybridized carbons (Fsp3) is 0.667. The predicted molar refractivity (Wildman–Crippen MR) is 32.2 cm³/mol. The number of rotatable bonds is 4. The summed E-state index contributed by atoms with van der Waals surface area (Å²) in [5.41, 5.74) is 0. The minimum Gasteiger partial charge on any atom is -0.304 e. The summed E-state index contributed by atoms with van der Waals surface area (Å²) in [5, 5.41) is 0. The highest BCUT2D eigenvalue weighted by Crippen LogP contribution is 1.74. The molecule has 0 N–H and O–H groups in total. The van der Waals surface area contributed by atoms with E-state index in [1.807, 2.05) is 0 Å². The zero-order chi connectivity index (χ0) is 5.54. The molecule has 0 aromatic rings. The Bertz CT molecular complexity index is 60.0. The van der Waals surface area contributed by atoms with E-state index in [-0.39, 0.29) is 0 Å². The van der Waals surface area contributed by atoms with Crippen molar-refractivity contribution in [2.75, 3.05) is 6.44 Å². The van der Waals surface area contributed by atoms with Crippen molar-refractivity contribution in [1.29, 1.82) is 0 Å². The molecule has 0 bridgehead atoms. The maximum Gasteiger partial charge on any atom is 0.148 e. The fourth-order valence-corrected chi connectivity index (χ4v) is 0.336. The maximum atomic E-state index is 9.59. The molecule has 0 heterocycles. The Morgan fingerprint density at radius 2 is 2.57 bits per heavy atom. The monoisotopic (exact) mass is 114 g/mol. The topological polar surface area (TPSA) is 29.4 Å². The highest BCUT2D eigenvalue weighted by atomic mass is 31.0. The van der Waals surface area contributed by atoms with Gasteiger partial charge in [0.25, 0.3) is 0 Å². The van der Waals surface area contributed by atoms with Crippen molar-refractivity contribution in [3.05, 3.63) is 0 Å². The molecule has 0 aliphatic heterocycles. The first-order valence-corrected chi connectivity index (χ1v) is 2.45. The average molecular weight is 114 g/mol. The lowest BCUT2D eigenvalue weighted by molar-refractivity contribution is -0.106. The van der Waals surface area contributed by atoms with Crippen LogP contribution in [0, 0.1) is 0 Å². The molecule has 0 aliphatic rings. The Balaban J connectivity index is 2.68. The molecule has 0 atom stereocenters. The van der Waals surface area contributed by atoms with Crippen LogP contribution in [0.25, 0.3) is 0 Å². The van der Waals surface area contributed by atoms with Gasteiger partial charge in [-0.3, -0.25) is 4.74 Å². The molecular formula is C3H6BNOP. The van der Waals surface area contributed by atoms with Gasteiger partial charge in [-0.15, -0.1) is 0 Å². The van der Waals surface area contributed by atoms with Crippen molar-refractivity contribution in [3.8, 4) is 0 Å². The van der Waals surface area contributed by atoms with Gasteiger partial charge in [-0.2, -0.15) is 0 Å². The molecule has 0 aliphatic carbocycles. The summed E-state index contributed by atoms with van der Waals surface area (Å²) in [6, 6.07) is 0. The van der Waals surface area contributed by atoms with E-state index in [2.05, 4.69) is 13.8 Å². The van der Waals surface area contributed by atoms with Crippen LogP contribution in [0.3, 0.4) is 0 Å². The minimum atomic E-state index is 0.494. The number of nitrogens with zero attached hydrogens (tertiary/aromatic N) is 1. The summed E-state index contributed by atoms with van der Waals surface area (Å²) < 4.78 is 3.56. The first-order valence-electron chi connectivity index (χ1n) is 2.00. The van der Waals surface area contributed by atoms with Crippen molar-refractivity contribution < 1.29 is 4.79 Å². The Kier molecular flexibility index (Phi) is 5.70. The predicted octanol–water partition coefficient (Wildman–Crippen LogP) is 0.592. The summed E-state index contributed by atoms with van der Waals surface area (Å²) >= 11 is 0. The van der Waals surface area contributed by atoms with E-state index < -0.39 is 0 Å². The van der Waals surface area contributed by atoms with Gasteiger partial charge in [0.1, 0.15) is 13.6 Å². The first kappa shape index (κ1) is 6.83. The number of hydrogen-bond donors (Lipinski definition) is 0. The average Bonchev–Trinajstić information content (AvgIpc) is 1.69. The van der Waals surface area contributed by atoms with Gasteiger partial charge in [0, 0.05) is 6.44 Å². The van der Waals surface area contributed by atoms with E-state index in [0.29, 0.717) is 12.8 Å². The molecule has 0 aromatic heterocycles. The molecule has 0 aromatic carbocycles. The third-order valence-corrected chi connectivity index (χ3v) is 0.666. The van der Waals surface area contributed by atoms with Gasteiger partial charge in [-0.05, 0) is 15.4 Å². The third kappa shape index (κ3) is 5.83. The number of hydrogen-bond acceptors (Lipinski definition) is 2. The molecule has 7 heavy (non-hydrogen) atoms. The quantitative estimate of drug-likeness (QED) is 0.227. The smallest absolute Gasteiger partial charge is 0.148 e. The van der Waals surface area contributed by atoms with Crippen LogP contribution in [0.4, 0.5) is 0 Å². The van der Waals surface area contributed by atoms with Gasteiger partial charge in [-0.1, -0.05) is 0 Å². The van der Waals surface area contributed by atoms with Gasteiger partial charge < -0.3 is 4.79 Å². The molecule has 0 saturated carbocycles. The maximum absolute atomic E-state index is 9.59. The van der Waals surface area contributed by atoms with E-state index in [1.54, 1.807) is 7.28 Å². The van der Waals surface area contributed by atoms with Crippen LogP contribution in [0.1, 0.15) is 0 Å². The molecular weight excluding hydrogens is 108 g/mol. The standard InChI is InChI=1S/C3H6BNOP/c6-2-1-4-3-5-7/h2,7H,1,3H2. The summed E-state index contributed by atoms with van der Waals surface area (Å²) in [6.45, 7) is 0. The van der Waals surface area contributed by atoms with Crippen LogP contribution >= 0.6 is 9.03 Å². The molecule has 0 spiro atoms. The Morgan fingerprint density at radius 1 is 1.86 bits per heavy atom. The van der Waals surface area contributed by atoms with Crippen LogP contribution in [-0.4, -0.2) is 20.0 Å². The van der Waals surface area contributed by atoms with Crippen molar-refractivity contribution in [2.24, 2.45) is 4.74 Å². The summed E-state index contributed by atoms with van der Waals surface area (Å²) in [7, 11) is 4.68. The number of carbonyl (C=O) groups is 1. The van der Waals surface area contributed by atoms with Crippen molar-refractivity contribution in [3.63, 3.8) is 0 Å². The lowest BCUT2D eigenvalue weighted by Crippen LogP contribution is -1.92. The molecule has 0 amide bonds. The van der Waals surface area contributed by atoms with Gasteiger partial charge in [0.05, 0.1) is 0 Å². The van der Waals surface area contributed by atoms with Crippen LogP contribution in [0.2, 0.25) is 6.32 Å². The Hall–Kier alpha value is -0.165. The van der Waals surface area contributed by atoms with Crippen LogP contribution in [0.15, 0.2) is 4.74 Å². The zero-order valence-corrected chi connectivity index (χ0v) is 4.92. The summed E-state index contributed by atoms with van der Waals surface area (Å²) in [5.74, 6) is 0. The summed E-state index contributed by atoms with van der Waals surface area (Å²) in [4.78, 5) is 9.59. The number of aldehydes is 1. The lowest BCUT2D eigenvalue weighted by atomic mass is 9.76. The zero-order valence-electron chi connectivity index (χ0n) is 3.92. The second-order valence-corrected chi connectivity index (χ2v) is 1.35. The molecule has 4 heteroatoms. The highest BCUT2D eigenvalue weighted by molar-refractivity contribution is 7.04. The van der Waals surface area contributed by atoms with Gasteiger partial charge in [0.2, 0.25) is 0 Å². The summed E-state index contributed by atoms with van der Waals surface area (Å²) in [6.07, 6.45) is 1.95. The second kappa shape index (κ2) is 5.83. The molecule has 0 saturated heterocycles. The van der Waals surface area contributed by atoms with Gasteiger partial charge in [0.15, 0.2) is 0 Å². The molecule has 0 rings (SSSR count). The number of carbonyl (C=O) groups excluding carboxylic acids is 1. The molecule has 1 radical (unpaired) electrons. The van der Waals surface area contributed by atoms with Crippen LogP contribution < -0.4 is 0 Å². The molecule has 0 unspecified atom stereocenters. The minimum absolute atomic E-state index is 0.494. The van der Waals surface area contributed by atoms with E-state index in [0.717, 1.165) is 6.29 Å². The third-order valence-electron chi connectivity index (χ3n) is 0.483. The van der Waals surface area contributed by atoms with Crippen LogP contribution in [-0.2, 0) is 4.79 Å². The van der Waals surface area contributed by atoms with Crippen LogP contribution in [0.5, 0.6) is 0 Å². The van der Waals surface area contributed by atoms with E-state index in [4.69, 9.17) is 0 Å². The van der Waals surface area contributed by atoms with E-state index in [9.17, 15) is 4.79 Å². The highest BCUT2D eigenvalue weighted by Gasteiger charge is 1.82. The normalized spacial score (nSPS) is 7.43. The second-order valence-electron chi connectivity index (χ2n) is 1.03. The van der Waals surface area contributed by atoms with Crippen molar-refractivity contribution in [1.82, 2.24) is 0 Å². The SMILES string of the molecule is O=CC[B]CN=P. The van der Waals surface area contributed by atoms with E-state index in [1.165, 1.54) is 0 Å². The fourth-order valence-electron chi connectivity index (χ4n) is 0.207. The van der Waals surface area contributed by atoms with E-state index >= 15 is 0 Å². The van der Waals surface area contributed by atoms with Gasteiger partial charge in [-0.25, -0.2) is 0 Å². The lowest BCUT2D eigenvalue weighted by Gasteiger charge is -1.78.